The number of thiophene rings is 1. The standard InChI is InChI=1S/C22H16ClN5O2S2/c23-15-6-8-16(9-7-15)24-18(29)13-32-22-26-25-21-27(12-14-4-2-1-3-5-14)20(30)19-17(28(21)22)10-11-31-19/h1-11H,12-13H2,(H,24,29). The van der Waals surface area contributed by atoms with Gasteiger partial charge in [-0.1, -0.05) is 53.7 Å². The largest absolute Gasteiger partial charge is 0.325 e. The number of hydrogen-bond donors (Lipinski definition) is 1. The second-order valence-electron chi connectivity index (χ2n) is 6.97. The van der Waals surface area contributed by atoms with Gasteiger partial charge in [-0.2, -0.15) is 0 Å². The van der Waals surface area contributed by atoms with E-state index < -0.39 is 0 Å². The molecule has 0 fully saturated rings. The van der Waals surface area contributed by atoms with Gasteiger partial charge in [-0.25, -0.2) is 0 Å². The SMILES string of the molecule is O=C(CSc1nnc2n(Cc3ccccc3)c(=O)c3sccc3n12)Nc1ccc(Cl)cc1. The van der Waals surface area contributed by atoms with Crippen molar-refractivity contribution < 1.29 is 4.79 Å². The fraction of sp³-hybridized carbons (Fsp3) is 0.0909. The van der Waals surface area contributed by atoms with Crippen LogP contribution < -0.4 is 10.9 Å². The number of fused-ring (bicyclic) bond motifs is 3. The van der Waals surface area contributed by atoms with E-state index in [2.05, 4.69) is 15.5 Å². The number of anilines is 1. The molecule has 160 valence electrons. The average molecular weight is 482 g/mol. The van der Waals surface area contributed by atoms with Crippen LogP contribution in [-0.4, -0.2) is 30.8 Å². The zero-order chi connectivity index (χ0) is 22.1. The maximum atomic E-state index is 13.1. The van der Waals surface area contributed by atoms with Gasteiger partial charge in [-0.15, -0.1) is 21.5 Å². The molecule has 0 spiro atoms. The van der Waals surface area contributed by atoms with Crippen molar-refractivity contribution >= 4 is 62.3 Å². The smallest absolute Gasteiger partial charge is 0.273 e. The lowest BCUT2D eigenvalue weighted by molar-refractivity contribution is -0.113. The van der Waals surface area contributed by atoms with Crippen LogP contribution in [0.2, 0.25) is 5.02 Å². The quantitative estimate of drug-likeness (QED) is 0.360. The minimum atomic E-state index is -0.173. The first-order valence-electron chi connectivity index (χ1n) is 9.67. The summed E-state index contributed by atoms with van der Waals surface area (Å²) in [5.41, 5.74) is 2.30. The van der Waals surface area contributed by atoms with E-state index in [-0.39, 0.29) is 17.2 Å². The van der Waals surface area contributed by atoms with Gasteiger partial charge >= 0.3 is 0 Å². The summed E-state index contributed by atoms with van der Waals surface area (Å²) in [6.07, 6.45) is 0. The average Bonchev–Trinajstić information content (AvgIpc) is 3.45. The number of rotatable bonds is 6. The fourth-order valence-electron chi connectivity index (χ4n) is 3.36. The van der Waals surface area contributed by atoms with Crippen LogP contribution in [-0.2, 0) is 11.3 Å². The Kier molecular flexibility index (Phi) is 5.69. The van der Waals surface area contributed by atoms with Gasteiger partial charge in [0.25, 0.3) is 5.56 Å². The summed E-state index contributed by atoms with van der Waals surface area (Å²) >= 11 is 8.54. The number of nitrogens with one attached hydrogen (secondary N) is 1. The Morgan fingerprint density at radius 3 is 2.62 bits per heavy atom. The van der Waals surface area contributed by atoms with E-state index in [1.54, 1.807) is 28.8 Å². The minimum absolute atomic E-state index is 0.101. The molecule has 5 aromatic rings. The van der Waals surface area contributed by atoms with Gasteiger partial charge in [0.15, 0.2) is 5.16 Å². The molecule has 0 aliphatic carbocycles. The highest BCUT2D eigenvalue weighted by atomic mass is 35.5. The molecule has 2 aromatic carbocycles. The Bertz CT molecular complexity index is 1480. The molecule has 0 saturated heterocycles. The third-order valence-electron chi connectivity index (χ3n) is 4.83. The third-order valence-corrected chi connectivity index (χ3v) is 6.90. The number of halogens is 1. The van der Waals surface area contributed by atoms with Gasteiger partial charge in [0.2, 0.25) is 11.7 Å². The Balaban J connectivity index is 1.46. The first-order valence-corrected chi connectivity index (χ1v) is 11.9. The van der Waals surface area contributed by atoms with E-state index in [1.807, 2.05) is 46.2 Å². The van der Waals surface area contributed by atoms with E-state index >= 15 is 0 Å². The minimum Gasteiger partial charge on any atom is -0.325 e. The molecular formula is C22H16ClN5O2S2. The molecule has 0 aliphatic heterocycles. The topological polar surface area (TPSA) is 81.3 Å². The highest BCUT2D eigenvalue weighted by molar-refractivity contribution is 7.99. The van der Waals surface area contributed by atoms with E-state index in [0.29, 0.717) is 32.9 Å². The molecule has 1 N–H and O–H groups in total. The number of amides is 1. The number of carbonyl (C=O) groups excluding carboxylic acids is 1. The summed E-state index contributed by atoms with van der Waals surface area (Å²) < 4.78 is 4.09. The molecule has 10 heteroatoms. The van der Waals surface area contributed by atoms with Crippen LogP contribution in [0.25, 0.3) is 16.0 Å². The maximum absolute atomic E-state index is 13.1. The molecule has 0 aliphatic rings. The van der Waals surface area contributed by atoms with Gasteiger partial charge in [0.05, 0.1) is 17.8 Å². The highest BCUT2D eigenvalue weighted by Gasteiger charge is 2.18. The molecule has 7 nitrogen and oxygen atoms in total. The number of aromatic nitrogens is 4. The highest BCUT2D eigenvalue weighted by Crippen LogP contribution is 2.25. The van der Waals surface area contributed by atoms with E-state index in [0.717, 1.165) is 11.1 Å². The normalized spacial score (nSPS) is 11.3. The zero-order valence-electron chi connectivity index (χ0n) is 16.6. The summed E-state index contributed by atoms with van der Waals surface area (Å²) in [5, 5.41) is 14.4. The predicted molar refractivity (Wildman–Crippen MR) is 129 cm³/mol. The first-order chi connectivity index (χ1) is 15.6. The Hall–Kier alpha value is -3.14. The van der Waals surface area contributed by atoms with Gasteiger partial charge in [-0.3, -0.25) is 18.6 Å². The molecule has 0 unspecified atom stereocenters. The van der Waals surface area contributed by atoms with Crippen LogP contribution in [0.1, 0.15) is 5.56 Å². The monoisotopic (exact) mass is 481 g/mol. The predicted octanol–water partition coefficient (Wildman–Crippen LogP) is 4.54. The van der Waals surface area contributed by atoms with Crippen LogP contribution in [0.4, 0.5) is 5.69 Å². The Labute approximate surface area is 195 Å². The Morgan fingerprint density at radius 2 is 1.84 bits per heavy atom. The summed E-state index contributed by atoms with van der Waals surface area (Å²) in [6, 6.07) is 18.5. The van der Waals surface area contributed by atoms with Gasteiger partial charge in [-0.05, 0) is 41.3 Å². The third kappa shape index (κ3) is 4.02. The molecule has 0 radical (unpaired) electrons. The fourth-order valence-corrected chi connectivity index (χ4v) is 5.05. The number of benzene rings is 2. The molecule has 5 rings (SSSR count). The van der Waals surface area contributed by atoms with Crippen LogP contribution in [0.15, 0.2) is 76.0 Å². The second-order valence-corrected chi connectivity index (χ2v) is 9.27. The summed E-state index contributed by atoms with van der Waals surface area (Å²) in [4.78, 5) is 25.6. The maximum Gasteiger partial charge on any atom is 0.273 e. The molecule has 0 atom stereocenters. The van der Waals surface area contributed by atoms with Crippen LogP contribution >= 0.6 is 34.7 Å². The first kappa shape index (κ1) is 20.7. The van der Waals surface area contributed by atoms with Gasteiger partial charge < -0.3 is 5.32 Å². The van der Waals surface area contributed by atoms with Crippen molar-refractivity contribution in [1.29, 1.82) is 0 Å². The van der Waals surface area contributed by atoms with E-state index in [1.165, 1.54) is 23.1 Å². The van der Waals surface area contributed by atoms with Crippen molar-refractivity contribution in [3.05, 3.63) is 87.0 Å². The summed E-state index contributed by atoms with van der Waals surface area (Å²) in [7, 11) is 0. The lowest BCUT2D eigenvalue weighted by Crippen LogP contribution is -2.23. The molecule has 32 heavy (non-hydrogen) atoms. The van der Waals surface area contributed by atoms with Crippen molar-refractivity contribution in [1.82, 2.24) is 19.2 Å². The summed E-state index contributed by atoms with van der Waals surface area (Å²) in [5.74, 6) is 0.422. The van der Waals surface area contributed by atoms with Crippen molar-refractivity contribution in [2.45, 2.75) is 11.7 Å². The zero-order valence-corrected chi connectivity index (χ0v) is 19.0. The molecule has 0 saturated carbocycles. The van der Waals surface area contributed by atoms with Crippen LogP contribution in [0, 0.1) is 0 Å². The van der Waals surface area contributed by atoms with E-state index in [4.69, 9.17) is 11.6 Å². The molecule has 3 aromatic heterocycles. The van der Waals surface area contributed by atoms with Crippen molar-refractivity contribution in [2.24, 2.45) is 0 Å². The molecular weight excluding hydrogens is 466 g/mol. The van der Waals surface area contributed by atoms with Gasteiger partial charge in [0.1, 0.15) is 4.70 Å². The number of hydrogen-bond acceptors (Lipinski definition) is 6. The van der Waals surface area contributed by atoms with Crippen molar-refractivity contribution in [2.75, 3.05) is 11.1 Å². The van der Waals surface area contributed by atoms with Crippen LogP contribution in [0.5, 0.6) is 0 Å². The Morgan fingerprint density at radius 1 is 1.06 bits per heavy atom. The molecule has 1 amide bonds. The van der Waals surface area contributed by atoms with E-state index in [9.17, 15) is 9.59 Å². The summed E-state index contributed by atoms with van der Waals surface area (Å²) in [6.45, 7) is 0.386. The van der Waals surface area contributed by atoms with Crippen LogP contribution in [0.3, 0.4) is 0 Å². The molecule has 3 heterocycles. The number of carbonyl (C=O) groups is 1. The van der Waals surface area contributed by atoms with Crippen molar-refractivity contribution in [3.8, 4) is 0 Å². The molecule has 0 bridgehead atoms. The second kappa shape index (κ2) is 8.78. The number of thioether (sulfide) groups is 1. The number of nitrogens with zero attached hydrogens (tertiary/aromatic N) is 4. The van der Waals surface area contributed by atoms with Gasteiger partial charge in [0, 0.05) is 10.7 Å². The van der Waals surface area contributed by atoms with Crippen molar-refractivity contribution in [3.63, 3.8) is 0 Å². The lowest BCUT2D eigenvalue weighted by Gasteiger charge is -2.09. The lowest BCUT2D eigenvalue weighted by atomic mass is 10.2.